The van der Waals surface area contributed by atoms with Crippen molar-refractivity contribution in [3.05, 3.63) is 77.5 Å². The lowest BCUT2D eigenvalue weighted by Gasteiger charge is -2.17. The maximum Gasteiger partial charge on any atom is 0.407 e. The molecule has 3 aromatic rings. The van der Waals surface area contributed by atoms with Gasteiger partial charge in [0.25, 0.3) is 0 Å². The van der Waals surface area contributed by atoms with E-state index in [-0.39, 0.29) is 24.1 Å². The zero-order chi connectivity index (χ0) is 21.1. The summed E-state index contributed by atoms with van der Waals surface area (Å²) < 4.78 is 10.8. The zero-order valence-corrected chi connectivity index (χ0v) is 16.5. The van der Waals surface area contributed by atoms with Crippen molar-refractivity contribution >= 4 is 12.1 Å². The number of alkyl carbamates (subject to hydrolysis) is 1. The summed E-state index contributed by atoms with van der Waals surface area (Å²) in [4.78, 5) is 27.5. The van der Waals surface area contributed by atoms with E-state index < -0.39 is 18.1 Å². The first-order chi connectivity index (χ1) is 14.6. The second kappa shape index (κ2) is 8.41. The highest BCUT2D eigenvalue weighted by Crippen LogP contribution is 2.44. The van der Waals surface area contributed by atoms with Crippen LogP contribution >= 0.6 is 0 Å². The van der Waals surface area contributed by atoms with Crippen LogP contribution in [0.1, 0.15) is 59.2 Å². The predicted molar refractivity (Wildman–Crippen MR) is 109 cm³/mol. The van der Waals surface area contributed by atoms with Crippen LogP contribution in [0.25, 0.3) is 11.1 Å². The average Bonchev–Trinajstić information content (AvgIpc) is 3.36. The van der Waals surface area contributed by atoms with Gasteiger partial charge in [-0.05, 0) is 28.7 Å². The van der Waals surface area contributed by atoms with Crippen LogP contribution in [-0.2, 0) is 4.74 Å². The molecule has 1 aliphatic carbocycles. The molecule has 2 N–H and O–H groups in total. The number of aromatic nitrogens is 1. The summed E-state index contributed by atoms with van der Waals surface area (Å²) >= 11 is 0. The van der Waals surface area contributed by atoms with Crippen molar-refractivity contribution in [1.29, 1.82) is 0 Å². The number of benzene rings is 2. The molecular weight excluding hydrogens is 384 g/mol. The van der Waals surface area contributed by atoms with Gasteiger partial charge in [0.1, 0.15) is 18.9 Å². The van der Waals surface area contributed by atoms with Gasteiger partial charge >= 0.3 is 12.1 Å². The molecule has 0 saturated carbocycles. The molecule has 0 aliphatic heterocycles. The molecule has 0 radical (unpaired) electrons. The van der Waals surface area contributed by atoms with E-state index in [0.717, 1.165) is 34.9 Å². The highest BCUT2D eigenvalue weighted by molar-refractivity contribution is 5.84. The quantitative estimate of drug-likeness (QED) is 0.587. The van der Waals surface area contributed by atoms with Crippen molar-refractivity contribution in [2.24, 2.45) is 0 Å². The number of rotatable bonds is 7. The summed E-state index contributed by atoms with van der Waals surface area (Å²) in [5.74, 6) is -1.06. The van der Waals surface area contributed by atoms with Gasteiger partial charge in [0.2, 0.25) is 5.89 Å². The Kier molecular flexibility index (Phi) is 5.52. The minimum absolute atomic E-state index is 0.0341. The minimum atomic E-state index is -1.18. The molecule has 1 atom stereocenters. The molecule has 7 heteroatoms. The highest BCUT2D eigenvalue weighted by atomic mass is 16.5. The SMILES string of the molecule is CCC[C@H](NC(=O)OCC1c2ccccc2-c2ccccc21)c1nc(C(=O)O)co1. The molecule has 2 aromatic carbocycles. The van der Waals surface area contributed by atoms with Crippen molar-refractivity contribution in [2.75, 3.05) is 6.61 Å². The van der Waals surface area contributed by atoms with Crippen LogP contribution in [0.5, 0.6) is 0 Å². The van der Waals surface area contributed by atoms with E-state index in [1.54, 1.807) is 0 Å². The average molecular weight is 406 g/mol. The largest absolute Gasteiger partial charge is 0.476 e. The second-order valence-electron chi connectivity index (χ2n) is 7.19. The van der Waals surface area contributed by atoms with E-state index in [4.69, 9.17) is 14.3 Å². The summed E-state index contributed by atoms with van der Waals surface area (Å²) in [6.45, 7) is 2.15. The van der Waals surface area contributed by atoms with Gasteiger partial charge < -0.3 is 19.6 Å². The number of oxazole rings is 1. The molecule has 0 spiro atoms. The van der Waals surface area contributed by atoms with Crippen LogP contribution in [0.15, 0.2) is 59.2 Å². The summed E-state index contributed by atoms with van der Waals surface area (Å²) in [5.41, 5.74) is 4.39. The van der Waals surface area contributed by atoms with Crippen molar-refractivity contribution in [1.82, 2.24) is 10.3 Å². The molecule has 4 rings (SSSR count). The Morgan fingerprint density at radius 2 is 1.77 bits per heavy atom. The fourth-order valence-electron chi connectivity index (χ4n) is 3.87. The molecule has 1 heterocycles. The lowest BCUT2D eigenvalue weighted by molar-refractivity contribution is 0.0690. The van der Waals surface area contributed by atoms with Gasteiger partial charge in [0.05, 0.1) is 0 Å². The molecule has 0 fully saturated rings. The molecule has 0 unspecified atom stereocenters. The highest BCUT2D eigenvalue weighted by Gasteiger charge is 2.29. The molecule has 1 aliphatic rings. The fourth-order valence-corrected chi connectivity index (χ4v) is 3.87. The van der Waals surface area contributed by atoms with Crippen LogP contribution < -0.4 is 5.32 Å². The Morgan fingerprint density at radius 1 is 1.13 bits per heavy atom. The molecule has 154 valence electrons. The summed E-state index contributed by atoms with van der Waals surface area (Å²) in [6.07, 6.45) is 1.77. The number of carbonyl (C=O) groups excluding carboxylic acids is 1. The maximum atomic E-state index is 12.5. The number of amides is 1. The van der Waals surface area contributed by atoms with Gasteiger partial charge in [-0.3, -0.25) is 0 Å². The summed E-state index contributed by atoms with van der Waals surface area (Å²) in [6, 6.07) is 15.7. The third kappa shape index (κ3) is 3.78. The van der Waals surface area contributed by atoms with Gasteiger partial charge in [0, 0.05) is 5.92 Å². The first-order valence-electron chi connectivity index (χ1n) is 9.88. The van der Waals surface area contributed by atoms with Gasteiger partial charge in [-0.15, -0.1) is 0 Å². The predicted octanol–water partition coefficient (Wildman–Crippen LogP) is 4.75. The van der Waals surface area contributed by atoms with E-state index in [1.165, 1.54) is 0 Å². The van der Waals surface area contributed by atoms with Gasteiger partial charge in [-0.1, -0.05) is 61.9 Å². The van der Waals surface area contributed by atoms with Crippen LogP contribution in [0, 0.1) is 0 Å². The Hall–Kier alpha value is -3.61. The Balaban J connectivity index is 1.45. The summed E-state index contributed by atoms with van der Waals surface area (Å²) in [7, 11) is 0. The monoisotopic (exact) mass is 406 g/mol. The number of nitrogens with zero attached hydrogens (tertiary/aromatic N) is 1. The van der Waals surface area contributed by atoms with E-state index in [2.05, 4.69) is 34.6 Å². The Morgan fingerprint density at radius 3 is 2.33 bits per heavy atom. The number of fused-ring (bicyclic) bond motifs is 3. The molecule has 1 aromatic heterocycles. The molecular formula is C23H22N2O5. The van der Waals surface area contributed by atoms with Crippen molar-refractivity contribution in [3.63, 3.8) is 0 Å². The smallest absolute Gasteiger partial charge is 0.407 e. The van der Waals surface area contributed by atoms with E-state index in [9.17, 15) is 9.59 Å². The first-order valence-corrected chi connectivity index (χ1v) is 9.88. The third-order valence-corrected chi connectivity index (χ3v) is 5.25. The molecule has 30 heavy (non-hydrogen) atoms. The Bertz CT molecular complexity index is 1030. The first kappa shape index (κ1) is 19.7. The minimum Gasteiger partial charge on any atom is -0.476 e. The number of aromatic carboxylic acids is 1. The van der Waals surface area contributed by atoms with Crippen LogP contribution in [-0.4, -0.2) is 28.8 Å². The van der Waals surface area contributed by atoms with Crippen LogP contribution in [0.3, 0.4) is 0 Å². The maximum absolute atomic E-state index is 12.5. The number of nitrogens with one attached hydrogen (secondary N) is 1. The lowest BCUT2D eigenvalue weighted by atomic mass is 9.98. The Labute approximate surface area is 173 Å². The van der Waals surface area contributed by atoms with Crippen molar-refractivity contribution in [3.8, 4) is 11.1 Å². The molecule has 0 saturated heterocycles. The number of carbonyl (C=O) groups is 2. The van der Waals surface area contributed by atoms with Gasteiger partial charge in [0.15, 0.2) is 5.69 Å². The van der Waals surface area contributed by atoms with Crippen LogP contribution in [0.4, 0.5) is 4.79 Å². The topological polar surface area (TPSA) is 102 Å². The number of carboxylic acids is 1. The number of ether oxygens (including phenoxy) is 1. The molecule has 0 bridgehead atoms. The van der Waals surface area contributed by atoms with Crippen molar-refractivity contribution < 1.29 is 23.8 Å². The molecule has 1 amide bonds. The second-order valence-corrected chi connectivity index (χ2v) is 7.19. The standard InChI is InChI=1S/C23H22N2O5/c1-2-7-19(21-24-20(13-29-21)22(26)27)25-23(28)30-12-18-16-10-5-3-8-14(16)15-9-4-6-11-17(15)18/h3-6,8-11,13,18-19H,2,7,12H2,1H3,(H,25,28)(H,26,27)/t19-/m0/s1. The summed E-state index contributed by atoms with van der Waals surface area (Å²) in [5, 5.41) is 11.8. The van der Waals surface area contributed by atoms with Gasteiger partial charge in [-0.25, -0.2) is 14.6 Å². The normalized spacial score (nSPS) is 13.4. The van der Waals surface area contributed by atoms with E-state index in [0.29, 0.717) is 6.42 Å². The third-order valence-electron chi connectivity index (χ3n) is 5.25. The fraction of sp³-hybridized carbons (Fsp3) is 0.261. The zero-order valence-electron chi connectivity index (χ0n) is 16.5. The number of carboxylic acid groups (broad SMARTS) is 1. The van der Waals surface area contributed by atoms with Crippen LogP contribution in [0.2, 0.25) is 0 Å². The number of hydrogen-bond acceptors (Lipinski definition) is 5. The van der Waals surface area contributed by atoms with E-state index in [1.807, 2.05) is 31.2 Å². The van der Waals surface area contributed by atoms with E-state index >= 15 is 0 Å². The molecule has 7 nitrogen and oxygen atoms in total. The number of hydrogen-bond donors (Lipinski definition) is 2. The van der Waals surface area contributed by atoms with Crippen molar-refractivity contribution in [2.45, 2.75) is 31.7 Å². The van der Waals surface area contributed by atoms with Gasteiger partial charge in [-0.2, -0.15) is 0 Å². The lowest BCUT2D eigenvalue weighted by Crippen LogP contribution is -2.30.